The summed E-state index contributed by atoms with van der Waals surface area (Å²) >= 11 is 0. The van der Waals surface area contributed by atoms with Gasteiger partial charge in [-0.25, -0.2) is 9.78 Å². The Morgan fingerprint density at radius 2 is 1.91 bits per heavy atom. The SMILES string of the molecule is Cc1ccncc1-c1ccc2cnc(NC(=O)C=C3CCC4(CC3)C(=O)NC(=O)N4C)cc2c1. The molecule has 1 spiro atoms. The third kappa shape index (κ3) is 3.81. The van der Waals surface area contributed by atoms with E-state index in [-0.39, 0.29) is 17.8 Å². The third-order valence-corrected chi connectivity index (χ3v) is 6.97. The molecule has 0 bridgehead atoms. The molecule has 3 heterocycles. The summed E-state index contributed by atoms with van der Waals surface area (Å²) in [5.74, 6) is -0.0238. The first-order valence-corrected chi connectivity index (χ1v) is 11.3. The summed E-state index contributed by atoms with van der Waals surface area (Å²) in [5, 5.41) is 7.19. The van der Waals surface area contributed by atoms with Crippen molar-refractivity contribution < 1.29 is 14.4 Å². The number of aromatic nitrogens is 2. The van der Waals surface area contributed by atoms with E-state index in [1.54, 1.807) is 25.5 Å². The van der Waals surface area contributed by atoms with Crippen LogP contribution in [0.4, 0.5) is 10.6 Å². The van der Waals surface area contributed by atoms with E-state index in [0.29, 0.717) is 31.5 Å². The van der Waals surface area contributed by atoms with Crippen molar-refractivity contribution in [3.8, 4) is 11.1 Å². The van der Waals surface area contributed by atoms with Crippen LogP contribution in [0.25, 0.3) is 21.9 Å². The Morgan fingerprint density at radius 3 is 2.62 bits per heavy atom. The van der Waals surface area contributed by atoms with Crippen LogP contribution in [0.2, 0.25) is 0 Å². The second-order valence-corrected chi connectivity index (χ2v) is 8.96. The molecular weight excluding hydrogens is 430 g/mol. The number of anilines is 1. The molecule has 2 fully saturated rings. The van der Waals surface area contributed by atoms with Crippen molar-refractivity contribution in [3.63, 3.8) is 0 Å². The molecule has 2 N–H and O–H groups in total. The lowest BCUT2D eigenvalue weighted by atomic mass is 9.78. The lowest BCUT2D eigenvalue weighted by Gasteiger charge is -2.36. The summed E-state index contributed by atoms with van der Waals surface area (Å²) in [6.45, 7) is 2.05. The monoisotopic (exact) mass is 455 g/mol. The first-order chi connectivity index (χ1) is 16.4. The zero-order valence-corrected chi connectivity index (χ0v) is 19.1. The van der Waals surface area contributed by atoms with Crippen molar-refractivity contribution in [3.05, 3.63) is 66.1 Å². The van der Waals surface area contributed by atoms with Crippen molar-refractivity contribution in [2.45, 2.75) is 38.1 Å². The van der Waals surface area contributed by atoms with Gasteiger partial charge in [0.15, 0.2) is 0 Å². The topological polar surface area (TPSA) is 104 Å². The van der Waals surface area contributed by atoms with Crippen molar-refractivity contribution >= 4 is 34.4 Å². The van der Waals surface area contributed by atoms with Crippen molar-refractivity contribution in [1.82, 2.24) is 20.2 Å². The van der Waals surface area contributed by atoms with Crippen molar-refractivity contribution in [2.75, 3.05) is 12.4 Å². The molecule has 0 unspecified atom stereocenters. The zero-order chi connectivity index (χ0) is 23.9. The van der Waals surface area contributed by atoms with Crippen molar-refractivity contribution in [2.24, 2.45) is 0 Å². The number of fused-ring (bicyclic) bond motifs is 1. The molecule has 2 aliphatic rings. The van der Waals surface area contributed by atoms with Crippen LogP contribution in [0.5, 0.6) is 0 Å². The number of likely N-dealkylation sites (N-methyl/N-ethyl adjacent to an activating group) is 1. The number of hydrogen-bond donors (Lipinski definition) is 2. The van der Waals surface area contributed by atoms with Gasteiger partial charge < -0.3 is 10.2 Å². The standard InChI is InChI=1S/C26H25N5O3/c1-16-7-10-27-15-21(16)18-3-4-19-14-28-22(13-20(19)12-18)29-23(32)11-17-5-8-26(9-6-17)24(33)30-25(34)31(26)2/h3-4,7,10-15H,5-6,8-9H2,1-2H3,(H,28,29,32)(H,30,33,34). The summed E-state index contributed by atoms with van der Waals surface area (Å²) in [6, 6.07) is 9.60. The Balaban J connectivity index is 1.30. The Hall–Kier alpha value is -4.07. The van der Waals surface area contributed by atoms with Crippen LogP contribution in [-0.2, 0) is 9.59 Å². The number of benzene rings is 1. The molecule has 5 rings (SSSR count). The van der Waals surface area contributed by atoms with Gasteiger partial charge in [-0.05, 0) is 67.3 Å². The fourth-order valence-corrected chi connectivity index (χ4v) is 4.83. The van der Waals surface area contributed by atoms with Gasteiger partial charge in [0.25, 0.3) is 5.91 Å². The number of amides is 4. The van der Waals surface area contributed by atoms with Crippen LogP contribution in [-0.4, -0.2) is 45.3 Å². The maximum atomic E-state index is 12.7. The number of nitrogens with zero attached hydrogens (tertiary/aromatic N) is 3. The molecule has 0 atom stereocenters. The van der Waals surface area contributed by atoms with Crippen LogP contribution in [0, 0.1) is 6.92 Å². The van der Waals surface area contributed by atoms with Gasteiger partial charge in [0.2, 0.25) is 5.91 Å². The van der Waals surface area contributed by atoms with E-state index in [2.05, 4.69) is 33.6 Å². The second-order valence-electron chi connectivity index (χ2n) is 8.96. The molecule has 8 nitrogen and oxygen atoms in total. The van der Waals surface area contributed by atoms with E-state index in [4.69, 9.17) is 0 Å². The highest BCUT2D eigenvalue weighted by molar-refractivity contribution is 6.07. The van der Waals surface area contributed by atoms with Gasteiger partial charge in [-0.1, -0.05) is 17.7 Å². The first-order valence-electron chi connectivity index (χ1n) is 11.3. The van der Waals surface area contributed by atoms with Gasteiger partial charge in [0.1, 0.15) is 11.4 Å². The van der Waals surface area contributed by atoms with E-state index in [1.165, 1.54) is 4.90 Å². The van der Waals surface area contributed by atoms with Gasteiger partial charge in [0, 0.05) is 42.7 Å². The lowest BCUT2D eigenvalue weighted by molar-refractivity contribution is -0.127. The van der Waals surface area contributed by atoms with E-state index < -0.39 is 5.54 Å². The fourth-order valence-electron chi connectivity index (χ4n) is 4.83. The highest BCUT2D eigenvalue weighted by Gasteiger charge is 2.51. The maximum absolute atomic E-state index is 12.7. The van der Waals surface area contributed by atoms with Crippen LogP contribution in [0.15, 0.2) is 60.6 Å². The molecule has 3 aromatic rings. The van der Waals surface area contributed by atoms with Crippen LogP contribution < -0.4 is 10.6 Å². The van der Waals surface area contributed by atoms with Gasteiger partial charge in [0.05, 0.1) is 0 Å². The molecule has 0 radical (unpaired) electrons. The van der Waals surface area contributed by atoms with E-state index in [1.807, 2.05) is 30.5 Å². The Kier molecular flexibility index (Phi) is 5.36. The third-order valence-electron chi connectivity index (χ3n) is 6.97. The van der Waals surface area contributed by atoms with Crippen LogP contribution in [0.1, 0.15) is 31.2 Å². The molecule has 4 amide bonds. The second kappa shape index (κ2) is 8.37. The lowest BCUT2D eigenvalue weighted by Crippen LogP contribution is -2.49. The highest BCUT2D eigenvalue weighted by Crippen LogP contribution is 2.38. The predicted octanol–water partition coefficient (Wildman–Crippen LogP) is 3.96. The summed E-state index contributed by atoms with van der Waals surface area (Å²) in [4.78, 5) is 46.9. The quantitative estimate of drug-likeness (QED) is 0.459. The highest BCUT2D eigenvalue weighted by atomic mass is 16.2. The average molecular weight is 456 g/mol. The zero-order valence-electron chi connectivity index (χ0n) is 19.1. The number of carbonyl (C=O) groups excluding carboxylic acids is 3. The number of nitrogens with one attached hydrogen (secondary N) is 2. The van der Waals surface area contributed by atoms with Gasteiger partial charge in [-0.2, -0.15) is 0 Å². The summed E-state index contributed by atoms with van der Waals surface area (Å²) in [5.41, 5.74) is 3.42. The van der Waals surface area contributed by atoms with Gasteiger partial charge >= 0.3 is 6.03 Å². The van der Waals surface area contributed by atoms with E-state index >= 15 is 0 Å². The van der Waals surface area contributed by atoms with Crippen LogP contribution >= 0.6 is 0 Å². The Labute approximate surface area is 197 Å². The summed E-state index contributed by atoms with van der Waals surface area (Å²) in [6.07, 6.45) is 9.13. The molecule has 8 heteroatoms. The number of allylic oxidation sites excluding steroid dienone is 1. The minimum Gasteiger partial charge on any atom is -0.313 e. The molecule has 1 aliphatic heterocycles. The largest absolute Gasteiger partial charge is 0.324 e. The molecular formula is C26H25N5O3. The van der Waals surface area contributed by atoms with Crippen LogP contribution in [0.3, 0.4) is 0 Å². The number of urea groups is 1. The number of carbonyl (C=O) groups is 3. The van der Waals surface area contributed by atoms with E-state index in [9.17, 15) is 14.4 Å². The number of hydrogen-bond acceptors (Lipinski definition) is 5. The molecule has 1 saturated carbocycles. The molecule has 1 aromatic carbocycles. The number of pyridine rings is 2. The number of rotatable bonds is 3. The molecule has 1 saturated heterocycles. The fraction of sp³-hybridized carbons (Fsp3) is 0.269. The summed E-state index contributed by atoms with van der Waals surface area (Å²) in [7, 11) is 1.65. The summed E-state index contributed by atoms with van der Waals surface area (Å²) < 4.78 is 0. The normalized spacial score (nSPS) is 20.1. The van der Waals surface area contributed by atoms with Crippen molar-refractivity contribution in [1.29, 1.82) is 0 Å². The minimum absolute atomic E-state index is 0.246. The molecule has 2 aromatic heterocycles. The number of aryl methyl sites for hydroxylation is 1. The smallest absolute Gasteiger partial charge is 0.313 e. The Bertz CT molecular complexity index is 1350. The minimum atomic E-state index is -0.796. The predicted molar refractivity (Wildman–Crippen MR) is 129 cm³/mol. The average Bonchev–Trinajstić information content (AvgIpc) is 3.03. The number of imide groups is 1. The Morgan fingerprint density at radius 1 is 1.12 bits per heavy atom. The van der Waals surface area contributed by atoms with Gasteiger partial charge in [-0.3, -0.25) is 19.9 Å². The van der Waals surface area contributed by atoms with E-state index in [0.717, 1.165) is 33.0 Å². The molecule has 34 heavy (non-hydrogen) atoms. The molecule has 1 aliphatic carbocycles. The maximum Gasteiger partial charge on any atom is 0.324 e. The molecule has 172 valence electrons. The van der Waals surface area contributed by atoms with Gasteiger partial charge in [-0.15, -0.1) is 0 Å². The first kappa shape index (κ1) is 21.8.